The quantitative estimate of drug-likeness (QED) is 0.570. The molecule has 6 heteroatoms. The van der Waals surface area contributed by atoms with Gasteiger partial charge in [0.15, 0.2) is 5.11 Å². The molecule has 1 aliphatic carbocycles. The van der Waals surface area contributed by atoms with Gasteiger partial charge in [0.05, 0.1) is 17.8 Å². The summed E-state index contributed by atoms with van der Waals surface area (Å²) in [5.74, 6) is 0. The Hall–Kier alpha value is -2.86. The van der Waals surface area contributed by atoms with E-state index in [0.29, 0.717) is 6.04 Å². The van der Waals surface area contributed by atoms with E-state index in [9.17, 15) is 0 Å². The standard InChI is InChI=1S/C25H29N5S/c1-16-15-21(17(2)29(16)19-12-13-19)24-23(22-7-5-6-14-26-22)27-25(31)30(24)20-10-8-18(9-11-20)28(3)4/h5-11,14-15,19,23-24H,12-13H2,1-4H3,(H,27,31)/t23-,24+/m0/s1. The topological polar surface area (TPSA) is 36.3 Å². The fourth-order valence-electron chi connectivity index (χ4n) is 4.86. The normalized spacial score (nSPS) is 20.8. The van der Waals surface area contributed by atoms with E-state index in [1.54, 1.807) is 0 Å². The van der Waals surface area contributed by atoms with Crippen LogP contribution in [0.1, 0.15) is 53.6 Å². The minimum absolute atomic E-state index is 0.00428. The Bertz CT molecular complexity index is 1100. The lowest BCUT2D eigenvalue weighted by Gasteiger charge is -2.28. The second-order valence-electron chi connectivity index (χ2n) is 8.84. The third-order valence-corrected chi connectivity index (χ3v) is 6.81. The van der Waals surface area contributed by atoms with Crippen LogP contribution in [0.25, 0.3) is 0 Å². The van der Waals surface area contributed by atoms with Gasteiger partial charge >= 0.3 is 0 Å². The number of nitrogens with zero attached hydrogens (tertiary/aromatic N) is 4. The molecule has 2 aromatic heterocycles. The minimum Gasteiger partial charge on any atom is -0.378 e. The van der Waals surface area contributed by atoms with Gasteiger partial charge in [-0.3, -0.25) is 4.98 Å². The van der Waals surface area contributed by atoms with Gasteiger partial charge in [0.25, 0.3) is 0 Å². The molecule has 0 spiro atoms. The molecule has 31 heavy (non-hydrogen) atoms. The first-order valence-corrected chi connectivity index (χ1v) is 11.3. The summed E-state index contributed by atoms with van der Waals surface area (Å²) in [7, 11) is 4.12. The van der Waals surface area contributed by atoms with E-state index >= 15 is 0 Å². The maximum Gasteiger partial charge on any atom is 0.174 e. The number of nitrogens with one attached hydrogen (secondary N) is 1. The maximum absolute atomic E-state index is 5.88. The summed E-state index contributed by atoms with van der Waals surface area (Å²) >= 11 is 5.88. The van der Waals surface area contributed by atoms with Gasteiger partial charge in [-0.25, -0.2) is 0 Å². The Morgan fingerprint density at radius 1 is 1.06 bits per heavy atom. The number of benzene rings is 1. The molecule has 0 unspecified atom stereocenters. The monoisotopic (exact) mass is 431 g/mol. The van der Waals surface area contributed by atoms with Crippen molar-refractivity contribution in [3.8, 4) is 0 Å². The lowest BCUT2D eigenvalue weighted by molar-refractivity contribution is 0.562. The van der Waals surface area contributed by atoms with E-state index in [1.165, 1.54) is 35.5 Å². The molecule has 0 radical (unpaired) electrons. The second-order valence-corrected chi connectivity index (χ2v) is 9.22. The molecular formula is C25H29N5S. The van der Waals surface area contributed by atoms with Crippen LogP contribution in [0.4, 0.5) is 11.4 Å². The Morgan fingerprint density at radius 3 is 2.42 bits per heavy atom. The average molecular weight is 432 g/mol. The summed E-state index contributed by atoms with van der Waals surface area (Å²) < 4.78 is 2.51. The average Bonchev–Trinajstić information content (AvgIpc) is 3.48. The van der Waals surface area contributed by atoms with E-state index in [1.807, 2.05) is 18.3 Å². The number of thiocarbonyl (C=S) groups is 1. The molecule has 1 saturated carbocycles. The fourth-order valence-corrected chi connectivity index (χ4v) is 5.20. The van der Waals surface area contributed by atoms with Crippen molar-refractivity contribution in [3.63, 3.8) is 0 Å². The smallest absolute Gasteiger partial charge is 0.174 e. The van der Waals surface area contributed by atoms with Crippen LogP contribution in [-0.4, -0.2) is 28.8 Å². The number of aromatic nitrogens is 2. The van der Waals surface area contributed by atoms with Crippen molar-refractivity contribution in [1.29, 1.82) is 0 Å². The van der Waals surface area contributed by atoms with Crippen molar-refractivity contribution in [2.45, 2.75) is 44.8 Å². The van der Waals surface area contributed by atoms with Crippen molar-refractivity contribution in [3.05, 3.63) is 77.4 Å². The van der Waals surface area contributed by atoms with Crippen LogP contribution in [0.5, 0.6) is 0 Å². The highest BCUT2D eigenvalue weighted by atomic mass is 32.1. The zero-order chi connectivity index (χ0) is 21.7. The Labute approximate surface area is 189 Å². The Balaban J connectivity index is 1.62. The lowest BCUT2D eigenvalue weighted by Crippen LogP contribution is -2.29. The summed E-state index contributed by atoms with van der Waals surface area (Å²) in [6.45, 7) is 4.48. The van der Waals surface area contributed by atoms with Gasteiger partial charge in [0, 0.05) is 49.1 Å². The minimum atomic E-state index is -0.00428. The molecular weight excluding hydrogens is 402 g/mol. The van der Waals surface area contributed by atoms with Crippen LogP contribution in [0.2, 0.25) is 0 Å². The van der Waals surface area contributed by atoms with E-state index in [0.717, 1.165) is 16.5 Å². The molecule has 1 aliphatic heterocycles. The molecule has 2 fully saturated rings. The molecule has 2 atom stereocenters. The van der Waals surface area contributed by atoms with Crippen LogP contribution >= 0.6 is 12.2 Å². The van der Waals surface area contributed by atoms with Gasteiger partial charge < -0.3 is 19.7 Å². The van der Waals surface area contributed by atoms with E-state index in [4.69, 9.17) is 12.2 Å². The molecule has 5 nitrogen and oxygen atoms in total. The van der Waals surface area contributed by atoms with E-state index in [-0.39, 0.29) is 12.1 Å². The number of hydrogen-bond donors (Lipinski definition) is 1. The molecule has 1 aromatic carbocycles. The molecule has 0 bridgehead atoms. The van der Waals surface area contributed by atoms with Crippen LogP contribution in [0.15, 0.2) is 54.7 Å². The van der Waals surface area contributed by atoms with E-state index in [2.05, 4.69) is 89.0 Å². The van der Waals surface area contributed by atoms with E-state index < -0.39 is 0 Å². The molecule has 3 aromatic rings. The first kappa shape index (κ1) is 20.1. The number of anilines is 2. The number of hydrogen-bond acceptors (Lipinski definition) is 3. The summed E-state index contributed by atoms with van der Waals surface area (Å²) in [5, 5.41) is 4.33. The summed E-state index contributed by atoms with van der Waals surface area (Å²) in [5.41, 5.74) is 7.28. The predicted octanol–water partition coefficient (Wildman–Crippen LogP) is 5.08. The summed E-state index contributed by atoms with van der Waals surface area (Å²) in [6.07, 6.45) is 4.41. The molecule has 5 rings (SSSR count). The van der Waals surface area contributed by atoms with Gasteiger partial charge in [0.1, 0.15) is 0 Å². The summed E-state index contributed by atoms with van der Waals surface area (Å²) in [4.78, 5) is 9.06. The van der Waals surface area contributed by atoms with Crippen molar-refractivity contribution >= 4 is 28.7 Å². The Morgan fingerprint density at radius 2 is 1.81 bits per heavy atom. The zero-order valence-electron chi connectivity index (χ0n) is 18.5. The largest absolute Gasteiger partial charge is 0.378 e. The van der Waals surface area contributed by atoms with Gasteiger partial charge in [-0.1, -0.05) is 6.07 Å². The number of aryl methyl sites for hydroxylation is 1. The highest BCUT2D eigenvalue weighted by Gasteiger charge is 2.42. The van der Waals surface area contributed by atoms with Crippen LogP contribution < -0.4 is 15.1 Å². The predicted molar refractivity (Wildman–Crippen MR) is 131 cm³/mol. The lowest BCUT2D eigenvalue weighted by atomic mass is 9.96. The van der Waals surface area contributed by atoms with Crippen LogP contribution in [0.3, 0.4) is 0 Å². The molecule has 3 heterocycles. The van der Waals surface area contributed by atoms with Gasteiger partial charge in [0.2, 0.25) is 0 Å². The number of pyridine rings is 1. The molecule has 2 aliphatic rings. The molecule has 0 amide bonds. The van der Waals surface area contributed by atoms with Crippen molar-refractivity contribution < 1.29 is 0 Å². The SMILES string of the molecule is Cc1cc([C@@H]2[C@H](c3ccccn3)NC(=S)N2c2ccc(N(C)C)cc2)c(C)n1C1CC1. The van der Waals surface area contributed by atoms with Crippen LogP contribution in [-0.2, 0) is 0 Å². The van der Waals surface area contributed by atoms with Crippen molar-refractivity contribution in [2.24, 2.45) is 0 Å². The third kappa shape index (κ3) is 3.49. The first-order valence-electron chi connectivity index (χ1n) is 10.9. The molecule has 160 valence electrons. The first-order chi connectivity index (χ1) is 15.0. The van der Waals surface area contributed by atoms with Crippen molar-refractivity contribution in [2.75, 3.05) is 23.9 Å². The zero-order valence-corrected chi connectivity index (χ0v) is 19.4. The molecule has 1 saturated heterocycles. The van der Waals surface area contributed by atoms with Gasteiger partial charge in [-0.05, 0) is 86.9 Å². The van der Waals surface area contributed by atoms with Gasteiger partial charge in [-0.15, -0.1) is 0 Å². The fraction of sp³-hybridized carbons (Fsp3) is 0.360. The van der Waals surface area contributed by atoms with Crippen LogP contribution in [0, 0.1) is 13.8 Å². The third-order valence-electron chi connectivity index (χ3n) is 6.50. The van der Waals surface area contributed by atoms with Crippen molar-refractivity contribution in [1.82, 2.24) is 14.9 Å². The number of rotatable bonds is 5. The van der Waals surface area contributed by atoms with Gasteiger partial charge in [-0.2, -0.15) is 0 Å². The highest BCUT2D eigenvalue weighted by Crippen LogP contribution is 2.46. The highest BCUT2D eigenvalue weighted by molar-refractivity contribution is 7.80. The second kappa shape index (κ2) is 7.68. The Kier molecular flexibility index (Phi) is 4.97. The maximum atomic E-state index is 5.88. The molecule has 1 N–H and O–H groups in total. The summed E-state index contributed by atoms with van der Waals surface area (Å²) in [6, 6.07) is 17.8.